The monoisotopic (exact) mass is 351 g/mol. The minimum absolute atomic E-state index is 0.0481. The Bertz CT molecular complexity index is 935. The van der Waals surface area contributed by atoms with Crippen molar-refractivity contribution in [1.82, 2.24) is 19.9 Å². The summed E-state index contributed by atoms with van der Waals surface area (Å²) in [4.78, 5) is 26.8. The van der Waals surface area contributed by atoms with E-state index < -0.39 is 0 Å². The standard InChI is InChI=1S/C19H21N5O2/c1-12-5-3-6-14-17(12)23-18(22-14)15-7-4-10-24(15)19(25)21-13-8-9-16(26-2)20-11-13/h3,5-6,8-9,11,15H,4,7,10H2,1-2H3,(H,21,25)(H,22,23)/t15-/m0/s1. The molecule has 1 atom stereocenters. The molecular weight excluding hydrogens is 330 g/mol. The molecule has 0 aliphatic carbocycles. The van der Waals surface area contributed by atoms with Crippen molar-refractivity contribution in [3.63, 3.8) is 0 Å². The third kappa shape index (κ3) is 2.96. The zero-order valence-corrected chi connectivity index (χ0v) is 14.8. The summed E-state index contributed by atoms with van der Waals surface area (Å²) in [6, 6.07) is 9.38. The third-order valence-corrected chi connectivity index (χ3v) is 4.76. The van der Waals surface area contributed by atoms with Crippen LogP contribution in [0.5, 0.6) is 5.88 Å². The molecule has 7 heteroatoms. The van der Waals surface area contributed by atoms with E-state index in [1.54, 1.807) is 25.4 Å². The fourth-order valence-electron chi connectivity index (χ4n) is 3.42. The van der Waals surface area contributed by atoms with Gasteiger partial charge in [0.2, 0.25) is 5.88 Å². The first-order valence-corrected chi connectivity index (χ1v) is 8.68. The van der Waals surface area contributed by atoms with Crippen LogP contribution in [0.15, 0.2) is 36.5 Å². The molecule has 0 saturated carbocycles. The van der Waals surface area contributed by atoms with Crippen molar-refractivity contribution in [1.29, 1.82) is 0 Å². The zero-order valence-electron chi connectivity index (χ0n) is 14.8. The Kier molecular flexibility index (Phi) is 4.20. The molecule has 2 aromatic heterocycles. The van der Waals surface area contributed by atoms with Gasteiger partial charge in [0.05, 0.1) is 36.1 Å². The second-order valence-electron chi connectivity index (χ2n) is 6.46. The number of rotatable bonds is 3. The number of imidazole rings is 1. The Morgan fingerprint density at radius 2 is 2.23 bits per heavy atom. The number of methoxy groups -OCH3 is 1. The number of likely N-dealkylation sites (tertiary alicyclic amines) is 1. The number of H-pyrrole nitrogens is 1. The van der Waals surface area contributed by atoms with Crippen LogP contribution in [-0.4, -0.2) is 39.5 Å². The number of amides is 2. The topological polar surface area (TPSA) is 83.1 Å². The van der Waals surface area contributed by atoms with Gasteiger partial charge in [0, 0.05) is 12.6 Å². The quantitative estimate of drug-likeness (QED) is 0.754. The van der Waals surface area contributed by atoms with Gasteiger partial charge in [-0.3, -0.25) is 0 Å². The predicted octanol–water partition coefficient (Wildman–Crippen LogP) is 3.64. The van der Waals surface area contributed by atoms with Gasteiger partial charge in [-0.05, 0) is 37.5 Å². The first-order chi connectivity index (χ1) is 12.7. The van der Waals surface area contributed by atoms with Crippen molar-refractivity contribution in [2.45, 2.75) is 25.8 Å². The lowest BCUT2D eigenvalue weighted by molar-refractivity contribution is 0.205. The molecule has 7 nitrogen and oxygen atoms in total. The molecule has 2 amide bonds. The van der Waals surface area contributed by atoms with Gasteiger partial charge in [-0.15, -0.1) is 0 Å². The van der Waals surface area contributed by atoms with E-state index in [1.807, 2.05) is 30.0 Å². The van der Waals surface area contributed by atoms with Gasteiger partial charge < -0.3 is 19.9 Å². The first-order valence-electron chi connectivity index (χ1n) is 8.68. The van der Waals surface area contributed by atoms with Gasteiger partial charge >= 0.3 is 6.03 Å². The number of nitrogens with one attached hydrogen (secondary N) is 2. The van der Waals surface area contributed by atoms with Crippen LogP contribution < -0.4 is 10.1 Å². The number of aromatic nitrogens is 3. The van der Waals surface area contributed by atoms with E-state index in [0.29, 0.717) is 18.1 Å². The van der Waals surface area contributed by atoms with Crippen molar-refractivity contribution in [2.24, 2.45) is 0 Å². The number of urea groups is 1. The lowest BCUT2D eigenvalue weighted by atomic mass is 10.2. The SMILES string of the molecule is COc1ccc(NC(=O)N2CCC[C@H]2c2nc3c(C)cccc3[nH]2)cn1. The third-order valence-electron chi connectivity index (χ3n) is 4.76. The van der Waals surface area contributed by atoms with Crippen molar-refractivity contribution < 1.29 is 9.53 Å². The number of hydrogen-bond acceptors (Lipinski definition) is 4. The molecule has 134 valence electrons. The predicted molar refractivity (Wildman–Crippen MR) is 99.3 cm³/mol. The maximum atomic E-state index is 12.7. The van der Waals surface area contributed by atoms with Crippen LogP contribution in [0.3, 0.4) is 0 Å². The summed E-state index contributed by atoms with van der Waals surface area (Å²) in [5.41, 5.74) is 3.74. The van der Waals surface area contributed by atoms with Gasteiger partial charge in [0.1, 0.15) is 5.82 Å². The second kappa shape index (κ2) is 6.67. The Hall–Kier alpha value is -3.09. The smallest absolute Gasteiger partial charge is 0.322 e. The summed E-state index contributed by atoms with van der Waals surface area (Å²) < 4.78 is 5.04. The molecule has 1 aliphatic heterocycles. The van der Waals surface area contributed by atoms with E-state index in [4.69, 9.17) is 9.72 Å². The number of aryl methyl sites for hydroxylation is 1. The van der Waals surface area contributed by atoms with Crippen LogP contribution in [0.1, 0.15) is 30.3 Å². The van der Waals surface area contributed by atoms with Gasteiger partial charge in [-0.1, -0.05) is 12.1 Å². The summed E-state index contributed by atoms with van der Waals surface area (Å²) in [5, 5.41) is 2.91. The minimum Gasteiger partial charge on any atom is -0.481 e. The van der Waals surface area contributed by atoms with E-state index >= 15 is 0 Å². The summed E-state index contributed by atoms with van der Waals surface area (Å²) in [6.07, 6.45) is 3.44. The van der Waals surface area contributed by atoms with Crippen LogP contribution in [0.4, 0.5) is 10.5 Å². The number of ether oxygens (including phenoxy) is 1. The van der Waals surface area contributed by atoms with Crippen LogP contribution >= 0.6 is 0 Å². The molecule has 0 spiro atoms. The van der Waals surface area contributed by atoms with Gasteiger partial charge in [0.15, 0.2) is 0 Å². The average Bonchev–Trinajstić information content (AvgIpc) is 3.29. The van der Waals surface area contributed by atoms with E-state index in [2.05, 4.69) is 15.3 Å². The van der Waals surface area contributed by atoms with Gasteiger partial charge in [0.25, 0.3) is 0 Å². The molecule has 0 radical (unpaired) electrons. The Labute approximate surface area is 151 Å². The molecule has 1 aliphatic rings. The molecule has 1 saturated heterocycles. The van der Waals surface area contributed by atoms with Gasteiger partial charge in [-0.25, -0.2) is 14.8 Å². The number of aromatic amines is 1. The maximum Gasteiger partial charge on any atom is 0.322 e. The fourth-order valence-corrected chi connectivity index (χ4v) is 3.42. The normalized spacial score (nSPS) is 16.8. The molecule has 1 aromatic carbocycles. The van der Waals surface area contributed by atoms with Gasteiger partial charge in [-0.2, -0.15) is 0 Å². The number of hydrogen-bond donors (Lipinski definition) is 2. The Morgan fingerprint density at radius 3 is 2.96 bits per heavy atom. The molecular formula is C19H21N5O2. The molecule has 2 N–H and O–H groups in total. The summed E-state index contributed by atoms with van der Waals surface area (Å²) >= 11 is 0. The first kappa shape index (κ1) is 16.4. The zero-order chi connectivity index (χ0) is 18.1. The van der Waals surface area contributed by atoms with Crippen molar-refractivity contribution in [2.75, 3.05) is 19.0 Å². The molecule has 3 heterocycles. The number of anilines is 1. The lowest BCUT2D eigenvalue weighted by Gasteiger charge is -2.23. The highest BCUT2D eigenvalue weighted by molar-refractivity contribution is 5.89. The molecule has 0 unspecified atom stereocenters. The highest BCUT2D eigenvalue weighted by Crippen LogP contribution is 2.32. The van der Waals surface area contributed by atoms with Crippen molar-refractivity contribution in [3.8, 4) is 5.88 Å². The van der Waals surface area contributed by atoms with E-state index in [0.717, 1.165) is 35.3 Å². The van der Waals surface area contributed by atoms with Crippen molar-refractivity contribution >= 4 is 22.8 Å². The molecule has 4 rings (SSSR count). The summed E-state index contributed by atoms with van der Waals surface area (Å²) in [6.45, 7) is 2.75. The Balaban J connectivity index is 1.54. The Morgan fingerprint density at radius 1 is 1.35 bits per heavy atom. The molecule has 0 bridgehead atoms. The molecule has 1 fully saturated rings. The van der Waals surface area contributed by atoms with Crippen LogP contribution in [-0.2, 0) is 0 Å². The average molecular weight is 351 g/mol. The minimum atomic E-state index is -0.142. The number of carbonyl (C=O) groups excluding carboxylic acids is 1. The summed E-state index contributed by atoms with van der Waals surface area (Å²) in [5.74, 6) is 1.36. The fraction of sp³-hybridized carbons (Fsp3) is 0.316. The number of pyridine rings is 1. The lowest BCUT2D eigenvalue weighted by Crippen LogP contribution is -2.34. The number of benzene rings is 1. The van der Waals surface area contributed by atoms with Crippen LogP contribution in [0.2, 0.25) is 0 Å². The van der Waals surface area contributed by atoms with Crippen LogP contribution in [0.25, 0.3) is 11.0 Å². The molecule has 26 heavy (non-hydrogen) atoms. The number of fused-ring (bicyclic) bond motifs is 1. The van der Waals surface area contributed by atoms with Crippen molar-refractivity contribution in [3.05, 3.63) is 47.9 Å². The highest BCUT2D eigenvalue weighted by atomic mass is 16.5. The maximum absolute atomic E-state index is 12.7. The molecule has 3 aromatic rings. The number of nitrogens with zero attached hydrogens (tertiary/aromatic N) is 3. The van der Waals surface area contributed by atoms with E-state index in [-0.39, 0.29) is 12.1 Å². The number of para-hydroxylation sites is 1. The van der Waals surface area contributed by atoms with Crippen LogP contribution in [0, 0.1) is 6.92 Å². The number of carbonyl (C=O) groups is 1. The second-order valence-corrected chi connectivity index (χ2v) is 6.46. The highest BCUT2D eigenvalue weighted by Gasteiger charge is 2.32. The van der Waals surface area contributed by atoms with E-state index in [1.165, 1.54) is 0 Å². The summed E-state index contributed by atoms with van der Waals surface area (Å²) in [7, 11) is 1.56. The largest absolute Gasteiger partial charge is 0.481 e. The van der Waals surface area contributed by atoms with E-state index in [9.17, 15) is 4.79 Å².